The second-order valence-corrected chi connectivity index (χ2v) is 10.6. The predicted octanol–water partition coefficient (Wildman–Crippen LogP) is 3.91. The fourth-order valence-corrected chi connectivity index (χ4v) is 5.69. The number of rotatable bonds is 7. The van der Waals surface area contributed by atoms with Gasteiger partial charge in [-0.25, -0.2) is 14.6 Å². The Balaban J connectivity index is 1.57. The molecule has 41 heavy (non-hydrogen) atoms. The molecule has 0 saturated carbocycles. The Labute approximate surface area is 240 Å². The normalized spacial score (nSPS) is 14.9. The van der Waals surface area contributed by atoms with E-state index >= 15 is 0 Å². The van der Waals surface area contributed by atoms with E-state index in [4.69, 9.17) is 13.9 Å². The Bertz CT molecular complexity index is 1830. The molecule has 0 radical (unpaired) electrons. The first-order chi connectivity index (χ1) is 19.7. The number of benzene rings is 2. The summed E-state index contributed by atoms with van der Waals surface area (Å²) in [6, 6.07) is 17.5. The molecule has 2 aromatic carbocycles. The molecule has 3 heterocycles. The number of hydrogen-bond donors (Lipinski definition) is 0. The van der Waals surface area contributed by atoms with E-state index in [-0.39, 0.29) is 12.2 Å². The summed E-state index contributed by atoms with van der Waals surface area (Å²) in [5, 5.41) is 0. The fourth-order valence-electron chi connectivity index (χ4n) is 4.66. The van der Waals surface area contributed by atoms with Crippen LogP contribution in [0.25, 0.3) is 17.4 Å². The number of esters is 2. The maximum atomic E-state index is 13.8. The Hall–Kier alpha value is -4.70. The van der Waals surface area contributed by atoms with Gasteiger partial charge in [0.15, 0.2) is 4.80 Å². The number of carbonyl (C=O) groups excluding carboxylic acids is 2. The van der Waals surface area contributed by atoms with Crippen molar-refractivity contribution in [3.8, 4) is 11.3 Å². The van der Waals surface area contributed by atoms with Gasteiger partial charge in [0.1, 0.15) is 11.5 Å². The molecule has 1 atom stereocenters. The van der Waals surface area contributed by atoms with Crippen molar-refractivity contribution >= 4 is 35.0 Å². The molecular formula is C31H29N3O6S. The lowest BCUT2D eigenvalue weighted by atomic mass is 9.95. The number of furan rings is 1. The molecule has 210 valence electrons. The molecule has 0 N–H and O–H groups in total. The molecule has 0 amide bonds. The van der Waals surface area contributed by atoms with Gasteiger partial charge >= 0.3 is 11.9 Å². The monoisotopic (exact) mass is 571 g/mol. The lowest BCUT2D eigenvalue weighted by Gasteiger charge is -2.25. The molecule has 0 aliphatic carbocycles. The first kappa shape index (κ1) is 27.9. The lowest BCUT2D eigenvalue weighted by molar-refractivity contribution is -0.139. The first-order valence-corrected chi connectivity index (χ1v) is 13.8. The number of carbonyl (C=O) groups is 2. The van der Waals surface area contributed by atoms with Gasteiger partial charge in [-0.05, 0) is 55.8 Å². The van der Waals surface area contributed by atoms with Crippen LogP contribution < -0.4 is 19.8 Å². The lowest BCUT2D eigenvalue weighted by Crippen LogP contribution is -2.39. The fraction of sp³-hybridized carbons (Fsp3) is 0.226. The van der Waals surface area contributed by atoms with Gasteiger partial charge in [-0.3, -0.25) is 9.36 Å². The number of anilines is 1. The standard InChI is InChI=1S/C31H29N3O6S/c1-6-39-30(37)26-18(2)32-31-34(27(26)20-11-13-22(14-12-20)33(3)4)28(35)25(41-31)17-23-15-16-24(40-23)19-7-9-21(10-8-19)29(36)38-5/h7-17,27H,6H2,1-5H3/b25-17-. The van der Waals surface area contributed by atoms with Crippen LogP contribution >= 0.6 is 11.3 Å². The molecule has 0 fully saturated rings. The topological polar surface area (TPSA) is 103 Å². The van der Waals surface area contributed by atoms with E-state index in [1.165, 1.54) is 18.4 Å². The van der Waals surface area contributed by atoms with Crippen LogP contribution in [-0.4, -0.2) is 44.3 Å². The minimum absolute atomic E-state index is 0.207. The average molecular weight is 572 g/mol. The Morgan fingerprint density at radius 2 is 1.76 bits per heavy atom. The van der Waals surface area contributed by atoms with E-state index in [0.717, 1.165) is 16.8 Å². The molecule has 1 aliphatic heterocycles. The minimum atomic E-state index is -0.691. The van der Waals surface area contributed by atoms with Crippen LogP contribution in [0.1, 0.15) is 41.6 Å². The van der Waals surface area contributed by atoms with Crippen molar-refractivity contribution < 1.29 is 23.5 Å². The van der Waals surface area contributed by atoms with Gasteiger partial charge in [0, 0.05) is 31.4 Å². The van der Waals surface area contributed by atoms with Crippen molar-refractivity contribution in [2.45, 2.75) is 19.9 Å². The number of allylic oxidation sites excluding steroid dienone is 1. The van der Waals surface area contributed by atoms with Gasteiger partial charge in [0.25, 0.3) is 5.56 Å². The summed E-state index contributed by atoms with van der Waals surface area (Å²) in [6.07, 6.45) is 1.67. The molecule has 2 aromatic heterocycles. The maximum Gasteiger partial charge on any atom is 0.338 e. The number of thiazole rings is 1. The summed E-state index contributed by atoms with van der Waals surface area (Å²) in [5.41, 5.74) is 3.53. The zero-order chi connectivity index (χ0) is 29.3. The van der Waals surface area contributed by atoms with E-state index < -0.39 is 18.0 Å². The minimum Gasteiger partial charge on any atom is -0.465 e. The third kappa shape index (κ3) is 5.38. The highest BCUT2D eigenvalue weighted by Crippen LogP contribution is 2.31. The molecular weight excluding hydrogens is 542 g/mol. The Morgan fingerprint density at radius 3 is 2.39 bits per heavy atom. The Morgan fingerprint density at radius 1 is 1.05 bits per heavy atom. The number of ether oxygens (including phenoxy) is 2. The number of hydrogen-bond acceptors (Lipinski definition) is 9. The Kier molecular flexibility index (Phi) is 7.76. The van der Waals surface area contributed by atoms with Gasteiger partial charge in [0.2, 0.25) is 0 Å². The quantitative estimate of drug-likeness (QED) is 0.310. The van der Waals surface area contributed by atoms with Gasteiger partial charge < -0.3 is 18.8 Å². The highest BCUT2D eigenvalue weighted by molar-refractivity contribution is 7.07. The summed E-state index contributed by atoms with van der Waals surface area (Å²) in [4.78, 5) is 45.7. The van der Waals surface area contributed by atoms with E-state index in [2.05, 4.69) is 4.99 Å². The average Bonchev–Trinajstić information content (AvgIpc) is 3.56. The van der Waals surface area contributed by atoms with Crippen LogP contribution in [0.5, 0.6) is 0 Å². The number of aromatic nitrogens is 1. The smallest absolute Gasteiger partial charge is 0.338 e. The van der Waals surface area contributed by atoms with Crippen molar-refractivity contribution in [2.24, 2.45) is 4.99 Å². The van der Waals surface area contributed by atoms with Gasteiger partial charge in [0.05, 0.1) is 41.1 Å². The summed E-state index contributed by atoms with van der Waals surface area (Å²) in [5.74, 6) is 0.147. The zero-order valence-electron chi connectivity index (χ0n) is 23.3. The van der Waals surface area contributed by atoms with Crippen LogP contribution in [0.4, 0.5) is 5.69 Å². The maximum absolute atomic E-state index is 13.8. The van der Waals surface area contributed by atoms with Crippen LogP contribution in [0.15, 0.2) is 86.1 Å². The summed E-state index contributed by atoms with van der Waals surface area (Å²) < 4.78 is 18.1. The molecule has 5 rings (SSSR count). The molecule has 10 heteroatoms. The predicted molar refractivity (Wildman–Crippen MR) is 157 cm³/mol. The number of methoxy groups -OCH3 is 1. The second kappa shape index (κ2) is 11.4. The summed E-state index contributed by atoms with van der Waals surface area (Å²) in [7, 11) is 5.23. The molecule has 4 aromatic rings. The number of nitrogens with zero attached hydrogens (tertiary/aromatic N) is 3. The van der Waals surface area contributed by atoms with Crippen LogP contribution in [0.2, 0.25) is 0 Å². The van der Waals surface area contributed by atoms with E-state index in [0.29, 0.717) is 37.7 Å². The highest BCUT2D eigenvalue weighted by atomic mass is 32.1. The van der Waals surface area contributed by atoms with Crippen molar-refractivity contribution in [2.75, 3.05) is 32.7 Å². The molecule has 0 spiro atoms. The summed E-state index contributed by atoms with van der Waals surface area (Å²) in [6.45, 7) is 3.71. The van der Waals surface area contributed by atoms with Crippen molar-refractivity contribution in [3.63, 3.8) is 0 Å². The molecule has 1 unspecified atom stereocenters. The molecule has 9 nitrogen and oxygen atoms in total. The third-order valence-electron chi connectivity index (χ3n) is 6.73. The van der Waals surface area contributed by atoms with Gasteiger partial charge in [-0.15, -0.1) is 0 Å². The van der Waals surface area contributed by atoms with E-state index in [1.807, 2.05) is 43.3 Å². The van der Waals surface area contributed by atoms with Crippen LogP contribution in [0, 0.1) is 0 Å². The van der Waals surface area contributed by atoms with Crippen LogP contribution in [0.3, 0.4) is 0 Å². The zero-order valence-corrected chi connectivity index (χ0v) is 24.2. The third-order valence-corrected chi connectivity index (χ3v) is 7.72. The molecule has 0 saturated heterocycles. The van der Waals surface area contributed by atoms with Gasteiger partial charge in [-0.2, -0.15) is 0 Å². The van der Waals surface area contributed by atoms with Crippen molar-refractivity contribution in [1.82, 2.24) is 4.57 Å². The molecule has 1 aliphatic rings. The highest BCUT2D eigenvalue weighted by Gasteiger charge is 2.33. The summed E-state index contributed by atoms with van der Waals surface area (Å²) >= 11 is 1.23. The largest absolute Gasteiger partial charge is 0.465 e. The van der Waals surface area contributed by atoms with Crippen molar-refractivity contribution in [1.29, 1.82) is 0 Å². The first-order valence-electron chi connectivity index (χ1n) is 13.0. The second-order valence-electron chi connectivity index (χ2n) is 9.56. The van der Waals surface area contributed by atoms with E-state index in [9.17, 15) is 14.4 Å². The van der Waals surface area contributed by atoms with Crippen LogP contribution in [-0.2, 0) is 14.3 Å². The SMILES string of the molecule is CCOC(=O)C1=C(C)N=c2s/c(=C\c3ccc(-c4ccc(C(=O)OC)cc4)o3)c(=O)n2C1c1ccc(N(C)C)cc1. The van der Waals surface area contributed by atoms with E-state index in [1.54, 1.807) is 60.9 Å². The van der Waals surface area contributed by atoms with Gasteiger partial charge in [-0.1, -0.05) is 35.6 Å². The van der Waals surface area contributed by atoms with Crippen molar-refractivity contribution in [3.05, 3.63) is 109 Å². The molecule has 0 bridgehead atoms. The number of fused-ring (bicyclic) bond motifs is 1.